The fraction of sp³-hybridized carbons (Fsp3) is 0.452. The molecule has 300 valence electrons. The number of ether oxygens (including phenoxy) is 3. The van der Waals surface area contributed by atoms with E-state index in [2.05, 4.69) is 21.3 Å². The van der Waals surface area contributed by atoms with Crippen LogP contribution in [0.1, 0.15) is 73.4 Å². The summed E-state index contributed by atoms with van der Waals surface area (Å²) in [7, 11) is 3.00. The van der Waals surface area contributed by atoms with E-state index in [1.807, 2.05) is 30.3 Å². The van der Waals surface area contributed by atoms with E-state index in [9.17, 15) is 29.1 Å². The van der Waals surface area contributed by atoms with Gasteiger partial charge >= 0.3 is 0 Å². The third kappa shape index (κ3) is 11.7. The van der Waals surface area contributed by atoms with Gasteiger partial charge in [0, 0.05) is 42.7 Å². The van der Waals surface area contributed by atoms with Crippen LogP contribution in [0.5, 0.6) is 23.0 Å². The highest BCUT2D eigenvalue weighted by Gasteiger charge is 2.31. The molecule has 6 rings (SSSR count). The first kappa shape index (κ1) is 41.5. The zero-order valence-corrected chi connectivity index (χ0v) is 32.3. The zero-order chi connectivity index (χ0) is 40.0. The van der Waals surface area contributed by atoms with Crippen molar-refractivity contribution in [3.8, 4) is 23.0 Å². The highest BCUT2D eigenvalue weighted by Crippen LogP contribution is 2.35. The SMILES string of the molecule is COc1cc2ccc1CNC(=O)[C@H](C)NC(=O)[C@H](CCc1ccccc1)NC(=O)CN(C(=O)C1CCC(O)CC1)CCCCNC(=O)c1ccc(OC)c(c1)O2. The van der Waals surface area contributed by atoms with Crippen LogP contribution >= 0.6 is 0 Å². The van der Waals surface area contributed by atoms with Crippen LogP contribution in [0.25, 0.3) is 0 Å². The number of aryl methyl sites for hydroxylation is 1. The van der Waals surface area contributed by atoms with Crippen molar-refractivity contribution in [2.75, 3.05) is 33.9 Å². The molecule has 5 amide bonds. The molecular formula is C42H53N5O9. The van der Waals surface area contributed by atoms with Gasteiger partial charge in [0.15, 0.2) is 11.5 Å². The van der Waals surface area contributed by atoms with Crippen LogP contribution in [0.15, 0.2) is 66.7 Å². The molecule has 0 unspecified atom stereocenters. The number of benzene rings is 3. The van der Waals surface area contributed by atoms with Gasteiger partial charge in [0.25, 0.3) is 5.91 Å². The van der Waals surface area contributed by atoms with Gasteiger partial charge in [-0.2, -0.15) is 0 Å². The molecule has 3 aromatic rings. The Kier molecular flexibility index (Phi) is 15.1. The number of aliphatic hydroxyl groups excluding tert-OH is 1. The summed E-state index contributed by atoms with van der Waals surface area (Å²) in [5, 5.41) is 21.4. The third-order valence-electron chi connectivity index (χ3n) is 10.2. The maximum Gasteiger partial charge on any atom is 0.251 e. The monoisotopic (exact) mass is 771 g/mol. The lowest BCUT2D eigenvalue weighted by molar-refractivity contribution is -0.141. The van der Waals surface area contributed by atoms with Crippen molar-refractivity contribution in [1.82, 2.24) is 26.2 Å². The number of amides is 5. The molecule has 1 saturated carbocycles. The van der Waals surface area contributed by atoms with E-state index < -0.39 is 35.9 Å². The van der Waals surface area contributed by atoms with Crippen molar-refractivity contribution in [3.63, 3.8) is 0 Å². The lowest BCUT2D eigenvalue weighted by Gasteiger charge is -2.31. The van der Waals surface area contributed by atoms with E-state index >= 15 is 0 Å². The van der Waals surface area contributed by atoms with Gasteiger partial charge in [0.1, 0.15) is 23.6 Å². The predicted octanol–water partition coefficient (Wildman–Crippen LogP) is 3.64. The van der Waals surface area contributed by atoms with Gasteiger partial charge in [-0.05, 0) is 94.2 Å². The van der Waals surface area contributed by atoms with E-state index in [0.717, 1.165) is 5.56 Å². The first-order valence-electron chi connectivity index (χ1n) is 19.2. The van der Waals surface area contributed by atoms with Crippen molar-refractivity contribution in [2.45, 2.75) is 83.0 Å². The van der Waals surface area contributed by atoms with Crippen LogP contribution in [0, 0.1) is 5.92 Å². The molecule has 2 heterocycles. The van der Waals surface area contributed by atoms with Crippen LogP contribution < -0.4 is 35.5 Å². The largest absolute Gasteiger partial charge is 0.496 e. The van der Waals surface area contributed by atoms with Crippen LogP contribution in [-0.4, -0.2) is 91.6 Å². The minimum absolute atomic E-state index is 0.0828. The Labute approximate surface area is 327 Å². The van der Waals surface area contributed by atoms with Gasteiger partial charge in [0.2, 0.25) is 23.6 Å². The van der Waals surface area contributed by atoms with Crippen molar-refractivity contribution in [2.24, 2.45) is 5.92 Å². The Bertz CT molecular complexity index is 1830. The Morgan fingerprint density at radius 2 is 1.61 bits per heavy atom. The highest BCUT2D eigenvalue weighted by molar-refractivity contribution is 5.95. The minimum atomic E-state index is -0.992. The minimum Gasteiger partial charge on any atom is -0.496 e. The lowest BCUT2D eigenvalue weighted by atomic mass is 9.86. The first-order chi connectivity index (χ1) is 27.0. The number of nitrogens with zero attached hydrogens (tertiary/aromatic N) is 1. The summed E-state index contributed by atoms with van der Waals surface area (Å²) in [4.78, 5) is 69.2. The molecule has 0 spiro atoms. The quantitative estimate of drug-likeness (QED) is 0.234. The third-order valence-corrected chi connectivity index (χ3v) is 10.2. The molecule has 3 aliphatic rings. The van der Waals surface area contributed by atoms with E-state index in [4.69, 9.17) is 14.2 Å². The molecular weight excluding hydrogens is 718 g/mol. The second-order valence-corrected chi connectivity index (χ2v) is 14.3. The van der Waals surface area contributed by atoms with Crippen LogP contribution in [0.4, 0.5) is 0 Å². The number of rotatable bonds is 6. The molecule has 56 heavy (non-hydrogen) atoms. The molecule has 3 aromatic carbocycles. The number of nitrogens with one attached hydrogen (secondary N) is 4. The smallest absolute Gasteiger partial charge is 0.251 e. The zero-order valence-electron chi connectivity index (χ0n) is 32.3. The average molecular weight is 772 g/mol. The maximum atomic E-state index is 13.8. The summed E-state index contributed by atoms with van der Waals surface area (Å²) < 4.78 is 17.2. The number of hydrogen-bond donors (Lipinski definition) is 5. The topological polar surface area (TPSA) is 185 Å². The highest BCUT2D eigenvalue weighted by atomic mass is 16.5. The van der Waals surface area contributed by atoms with Crippen LogP contribution in [-0.2, 0) is 32.1 Å². The van der Waals surface area contributed by atoms with E-state index in [0.29, 0.717) is 85.6 Å². The standard InChI is InChI=1S/C42H53N5O9/c1-27-39(50)44-25-31-14-18-33(24-36(31)55-3)56-37-23-30(15-20-35(37)54-2)40(51)43-21-7-8-22-47(42(53)29-12-16-32(48)17-13-29)26-38(49)46-34(41(52)45-27)19-11-28-9-5-4-6-10-28/h4-6,9-10,14-15,18,20,23-24,27,29,32,34,48H,7-8,11-13,16-17,19,21-22,25-26H2,1-3H3,(H,43,51)(H,44,50)(H,45,52)(H,46,49)/t27-,29?,32?,34-/m0/s1. The summed E-state index contributed by atoms with van der Waals surface area (Å²) in [6.45, 7) is 1.94. The van der Waals surface area contributed by atoms with Gasteiger partial charge in [-0.1, -0.05) is 30.3 Å². The molecule has 0 radical (unpaired) electrons. The molecule has 1 fully saturated rings. The van der Waals surface area contributed by atoms with Gasteiger partial charge in [-0.3, -0.25) is 24.0 Å². The predicted molar refractivity (Wildman–Crippen MR) is 208 cm³/mol. The fourth-order valence-electron chi connectivity index (χ4n) is 6.89. The Balaban J connectivity index is 1.39. The van der Waals surface area contributed by atoms with Gasteiger partial charge in [-0.25, -0.2) is 0 Å². The van der Waals surface area contributed by atoms with Gasteiger partial charge < -0.3 is 45.5 Å². The average Bonchev–Trinajstić information content (AvgIpc) is 3.20. The number of carbonyl (C=O) groups excluding carboxylic acids is 5. The van der Waals surface area contributed by atoms with Crippen LogP contribution in [0.2, 0.25) is 0 Å². The summed E-state index contributed by atoms with van der Waals surface area (Å²) in [6, 6.07) is 17.6. The fourth-order valence-corrected chi connectivity index (χ4v) is 6.89. The summed E-state index contributed by atoms with van der Waals surface area (Å²) in [5.74, 6) is -0.760. The normalized spacial score (nSPS) is 21.9. The molecule has 14 nitrogen and oxygen atoms in total. The van der Waals surface area contributed by atoms with Crippen LogP contribution in [0.3, 0.4) is 0 Å². The molecule has 2 atom stereocenters. The number of fused-ring (bicyclic) bond motifs is 18. The van der Waals surface area contributed by atoms with E-state index in [1.54, 1.807) is 43.3 Å². The van der Waals surface area contributed by atoms with Crippen molar-refractivity contribution in [3.05, 3.63) is 83.4 Å². The summed E-state index contributed by atoms with van der Waals surface area (Å²) in [6.07, 6.45) is 3.35. The Hall–Kier alpha value is -5.63. The second-order valence-electron chi connectivity index (χ2n) is 14.3. The first-order valence-corrected chi connectivity index (χ1v) is 19.2. The number of hydrogen-bond acceptors (Lipinski definition) is 9. The van der Waals surface area contributed by atoms with Gasteiger partial charge in [0.05, 0.1) is 26.9 Å². The Morgan fingerprint density at radius 3 is 2.34 bits per heavy atom. The molecule has 0 aromatic heterocycles. The van der Waals surface area contributed by atoms with Gasteiger partial charge in [-0.15, -0.1) is 0 Å². The number of carbonyl (C=O) groups is 5. The molecule has 4 bridgehead atoms. The second kappa shape index (κ2) is 20.3. The van der Waals surface area contributed by atoms with E-state index in [-0.39, 0.29) is 43.8 Å². The summed E-state index contributed by atoms with van der Waals surface area (Å²) >= 11 is 0. The Morgan fingerprint density at radius 1 is 0.857 bits per heavy atom. The molecule has 5 N–H and O–H groups in total. The molecule has 14 heteroatoms. The number of aliphatic hydroxyl groups is 1. The number of methoxy groups -OCH3 is 2. The summed E-state index contributed by atoms with van der Waals surface area (Å²) in [5.41, 5.74) is 1.97. The lowest BCUT2D eigenvalue weighted by Crippen LogP contribution is -2.54. The van der Waals surface area contributed by atoms with E-state index in [1.165, 1.54) is 19.1 Å². The maximum absolute atomic E-state index is 13.8. The van der Waals surface area contributed by atoms with Crippen molar-refractivity contribution < 1.29 is 43.3 Å². The van der Waals surface area contributed by atoms with Crippen molar-refractivity contribution in [1.29, 1.82) is 0 Å². The molecule has 2 aliphatic heterocycles. The molecule has 1 aliphatic carbocycles. The van der Waals surface area contributed by atoms with Crippen molar-refractivity contribution >= 4 is 29.5 Å². The molecule has 0 saturated heterocycles.